The molecule has 0 fully saturated rings. The highest BCUT2D eigenvalue weighted by atomic mass is 32.2. The molecule has 1 amide bonds. The van der Waals surface area contributed by atoms with Gasteiger partial charge in [0.2, 0.25) is 15.9 Å². The van der Waals surface area contributed by atoms with Crippen molar-refractivity contribution in [3.05, 3.63) is 43.2 Å². The Morgan fingerprint density at radius 3 is 2.96 bits per heavy atom. The lowest BCUT2D eigenvalue weighted by Crippen LogP contribution is -2.16. The Labute approximate surface area is 137 Å². The maximum Gasteiger partial charge on any atom is 0.238 e. The number of thioether (sulfide) groups is 1. The van der Waals surface area contributed by atoms with Gasteiger partial charge in [-0.3, -0.25) is 4.79 Å². The summed E-state index contributed by atoms with van der Waals surface area (Å²) in [5, 5.41) is 15.9. The summed E-state index contributed by atoms with van der Waals surface area (Å²) in [6.45, 7) is 4.18. The molecule has 1 aromatic carbocycles. The van der Waals surface area contributed by atoms with Crippen LogP contribution in [0, 0.1) is 0 Å². The van der Waals surface area contributed by atoms with E-state index in [9.17, 15) is 13.2 Å². The van der Waals surface area contributed by atoms with Gasteiger partial charge in [0.1, 0.15) is 6.33 Å². The third-order valence-electron chi connectivity index (χ3n) is 2.68. The molecule has 122 valence electrons. The zero-order valence-corrected chi connectivity index (χ0v) is 13.7. The summed E-state index contributed by atoms with van der Waals surface area (Å²) < 4.78 is 24.3. The van der Waals surface area contributed by atoms with Crippen molar-refractivity contribution in [2.45, 2.75) is 16.6 Å². The van der Waals surface area contributed by atoms with Gasteiger partial charge in [0, 0.05) is 12.2 Å². The molecule has 0 aliphatic carbocycles. The highest BCUT2D eigenvalue weighted by molar-refractivity contribution is 7.99. The van der Waals surface area contributed by atoms with Crippen LogP contribution in [0.25, 0.3) is 0 Å². The van der Waals surface area contributed by atoms with Gasteiger partial charge < -0.3 is 9.88 Å². The van der Waals surface area contributed by atoms with Crippen LogP contribution < -0.4 is 10.5 Å². The molecule has 0 aliphatic heterocycles. The SMILES string of the molecule is C=CCn1cnnc1SCC(=O)Nc1cccc(S(N)(=O)=O)c1. The van der Waals surface area contributed by atoms with E-state index in [-0.39, 0.29) is 16.6 Å². The molecule has 0 spiro atoms. The lowest BCUT2D eigenvalue weighted by atomic mass is 10.3. The van der Waals surface area contributed by atoms with Crippen LogP contribution in [0.15, 0.2) is 53.3 Å². The molecule has 3 N–H and O–H groups in total. The fraction of sp³-hybridized carbons (Fsp3) is 0.154. The monoisotopic (exact) mass is 353 g/mol. The highest BCUT2D eigenvalue weighted by Gasteiger charge is 2.11. The van der Waals surface area contributed by atoms with Crippen molar-refractivity contribution in [1.82, 2.24) is 14.8 Å². The van der Waals surface area contributed by atoms with Crippen molar-refractivity contribution in [2.24, 2.45) is 5.14 Å². The molecule has 2 rings (SSSR count). The Bertz CT molecular complexity index is 817. The predicted octanol–water partition coefficient (Wildman–Crippen LogP) is 0.842. The van der Waals surface area contributed by atoms with Gasteiger partial charge in [-0.1, -0.05) is 23.9 Å². The van der Waals surface area contributed by atoms with Crippen molar-refractivity contribution in [2.75, 3.05) is 11.1 Å². The normalized spacial score (nSPS) is 11.2. The van der Waals surface area contributed by atoms with Crippen molar-refractivity contribution in [3.63, 3.8) is 0 Å². The summed E-state index contributed by atoms with van der Waals surface area (Å²) in [5.74, 6) is -0.190. The molecule has 23 heavy (non-hydrogen) atoms. The minimum Gasteiger partial charge on any atom is -0.325 e. The first-order chi connectivity index (χ1) is 10.9. The molecule has 1 heterocycles. The molecule has 0 unspecified atom stereocenters. The maximum atomic E-state index is 11.9. The van der Waals surface area contributed by atoms with Crippen LogP contribution in [0.5, 0.6) is 0 Å². The van der Waals surface area contributed by atoms with Crippen molar-refractivity contribution < 1.29 is 13.2 Å². The predicted molar refractivity (Wildman–Crippen MR) is 87.4 cm³/mol. The van der Waals surface area contributed by atoms with Crippen LogP contribution in [0.4, 0.5) is 5.69 Å². The average Bonchev–Trinajstić information content (AvgIpc) is 2.92. The molecule has 0 saturated heterocycles. The lowest BCUT2D eigenvalue weighted by molar-refractivity contribution is -0.113. The third-order valence-corrected chi connectivity index (χ3v) is 4.58. The molecule has 10 heteroatoms. The molecule has 0 bridgehead atoms. The second-order valence-corrected chi connectivity index (χ2v) is 6.97. The summed E-state index contributed by atoms with van der Waals surface area (Å²) in [6, 6.07) is 5.75. The number of rotatable bonds is 7. The number of carbonyl (C=O) groups is 1. The number of amides is 1. The van der Waals surface area contributed by atoms with Crippen LogP contribution in [-0.2, 0) is 21.4 Å². The topological polar surface area (TPSA) is 120 Å². The zero-order chi connectivity index (χ0) is 16.9. The number of hydrogen-bond acceptors (Lipinski definition) is 6. The van der Waals surface area contributed by atoms with Gasteiger partial charge in [-0.15, -0.1) is 16.8 Å². The number of nitrogens with zero attached hydrogens (tertiary/aromatic N) is 3. The van der Waals surface area contributed by atoms with E-state index >= 15 is 0 Å². The first-order valence-corrected chi connectivity index (χ1v) is 8.97. The Kier molecular flexibility index (Phi) is 5.53. The molecule has 8 nitrogen and oxygen atoms in total. The highest BCUT2D eigenvalue weighted by Crippen LogP contribution is 2.17. The average molecular weight is 353 g/mol. The molecule has 0 radical (unpaired) electrons. The first-order valence-electron chi connectivity index (χ1n) is 6.44. The van der Waals surface area contributed by atoms with Gasteiger partial charge >= 0.3 is 0 Å². The molecular formula is C13H15N5O3S2. The van der Waals surface area contributed by atoms with E-state index in [0.29, 0.717) is 17.4 Å². The van der Waals surface area contributed by atoms with Gasteiger partial charge in [0.05, 0.1) is 10.6 Å². The van der Waals surface area contributed by atoms with E-state index in [1.54, 1.807) is 23.0 Å². The number of benzene rings is 1. The number of anilines is 1. The Morgan fingerprint density at radius 1 is 1.48 bits per heavy atom. The number of allylic oxidation sites excluding steroid dienone is 1. The number of aromatic nitrogens is 3. The number of nitrogens with two attached hydrogens (primary N) is 1. The fourth-order valence-electron chi connectivity index (χ4n) is 1.70. The molecule has 0 atom stereocenters. The Morgan fingerprint density at radius 2 is 2.26 bits per heavy atom. The van der Waals surface area contributed by atoms with Gasteiger partial charge in [-0.05, 0) is 18.2 Å². The van der Waals surface area contributed by atoms with E-state index in [0.717, 1.165) is 0 Å². The van der Waals surface area contributed by atoms with E-state index in [1.807, 2.05) is 0 Å². The first kappa shape index (κ1) is 17.2. The molecule has 1 aromatic heterocycles. The van der Waals surface area contributed by atoms with Crippen LogP contribution in [-0.4, -0.2) is 34.8 Å². The lowest BCUT2D eigenvalue weighted by Gasteiger charge is -2.07. The van der Waals surface area contributed by atoms with Crippen molar-refractivity contribution in [3.8, 4) is 0 Å². The number of carbonyl (C=O) groups excluding carboxylic acids is 1. The Hall–Kier alpha value is -2.17. The van der Waals surface area contributed by atoms with E-state index < -0.39 is 10.0 Å². The summed E-state index contributed by atoms with van der Waals surface area (Å²) in [5.41, 5.74) is 0.356. The van der Waals surface area contributed by atoms with Gasteiger partial charge in [0.25, 0.3) is 0 Å². The maximum absolute atomic E-state index is 11.9. The third kappa shape index (κ3) is 4.91. The minimum atomic E-state index is -3.81. The van der Waals surface area contributed by atoms with E-state index in [4.69, 9.17) is 5.14 Å². The molecule has 0 saturated carbocycles. The van der Waals surface area contributed by atoms with Crippen molar-refractivity contribution in [1.29, 1.82) is 0 Å². The van der Waals surface area contributed by atoms with Crippen LogP contribution in [0.3, 0.4) is 0 Å². The van der Waals surface area contributed by atoms with E-state index in [2.05, 4.69) is 22.1 Å². The summed E-state index contributed by atoms with van der Waals surface area (Å²) in [4.78, 5) is 11.9. The second-order valence-electron chi connectivity index (χ2n) is 4.46. The van der Waals surface area contributed by atoms with Crippen LogP contribution in [0.1, 0.15) is 0 Å². The fourth-order valence-corrected chi connectivity index (χ4v) is 2.98. The van der Waals surface area contributed by atoms with Crippen LogP contribution in [0.2, 0.25) is 0 Å². The smallest absolute Gasteiger partial charge is 0.238 e. The number of hydrogen-bond donors (Lipinski definition) is 2. The van der Waals surface area contributed by atoms with Gasteiger partial charge in [-0.2, -0.15) is 0 Å². The summed E-state index contributed by atoms with van der Waals surface area (Å²) in [6.07, 6.45) is 3.25. The Balaban J connectivity index is 1.97. The zero-order valence-electron chi connectivity index (χ0n) is 12.0. The standard InChI is InChI=1S/C13H15N5O3S2/c1-2-6-18-9-15-17-13(18)22-8-12(19)16-10-4-3-5-11(7-10)23(14,20)21/h2-5,7,9H,1,6,8H2,(H,16,19)(H2,14,20,21). The summed E-state index contributed by atoms with van der Waals surface area (Å²) >= 11 is 1.22. The molecular weight excluding hydrogens is 338 g/mol. The van der Waals surface area contributed by atoms with E-state index in [1.165, 1.54) is 30.0 Å². The number of nitrogens with one attached hydrogen (secondary N) is 1. The minimum absolute atomic E-state index is 0.0614. The van der Waals surface area contributed by atoms with Crippen LogP contribution >= 0.6 is 11.8 Å². The van der Waals surface area contributed by atoms with Gasteiger partial charge in [0.15, 0.2) is 5.16 Å². The van der Waals surface area contributed by atoms with Crippen molar-refractivity contribution >= 4 is 33.4 Å². The molecule has 0 aliphatic rings. The van der Waals surface area contributed by atoms with Gasteiger partial charge in [-0.25, -0.2) is 13.6 Å². The number of primary sulfonamides is 1. The quantitative estimate of drug-likeness (QED) is 0.562. The summed E-state index contributed by atoms with van der Waals surface area (Å²) in [7, 11) is -3.81. The molecule has 2 aromatic rings. The second kappa shape index (κ2) is 7.40. The number of sulfonamides is 1. The largest absolute Gasteiger partial charge is 0.325 e.